The smallest absolute Gasteiger partial charge is 0.393 e. The van der Waals surface area contributed by atoms with Crippen LogP contribution >= 0.6 is 11.6 Å². The minimum absolute atomic E-state index is 0.243. The highest BCUT2D eigenvalue weighted by Crippen LogP contribution is 2.45. The second-order valence-electron chi connectivity index (χ2n) is 8.55. The summed E-state index contributed by atoms with van der Waals surface area (Å²) in [4.78, 5) is 12.1. The molecule has 0 saturated carbocycles. The maximum absolute atomic E-state index is 14.2. The molecule has 32 heavy (non-hydrogen) atoms. The number of aliphatic hydroxyl groups excluding tert-OH is 1. The molecule has 170 valence electrons. The van der Waals surface area contributed by atoms with Crippen molar-refractivity contribution in [3.63, 3.8) is 0 Å². The van der Waals surface area contributed by atoms with Gasteiger partial charge in [-0.05, 0) is 36.2 Å². The summed E-state index contributed by atoms with van der Waals surface area (Å²) in [6.45, 7) is 1.14. The predicted molar refractivity (Wildman–Crippen MR) is 117 cm³/mol. The lowest BCUT2D eigenvalue weighted by molar-refractivity contribution is -0.184. The number of aliphatic hydroxyl groups is 1. The summed E-state index contributed by atoms with van der Waals surface area (Å²) < 4.78 is 49.8. The monoisotopic (exact) mass is 465 g/mol. The van der Waals surface area contributed by atoms with Gasteiger partial charge in [-0.15, -0.1) is 0 Å². The van der Waals surface area contributed by atoms with Crippen LogP contribution in [0.15, 0.2) is 53.5 Å². The van der Waals surface area contributed by atoms with Crippen molar-refractivity contribution in [1.29, 1.82) is 0 Å². The Morgan fingerprint density at radius 1 is 1.22 bits per heavy atom. The number of nitrogens with zero attached hydrogens (tertiary/aromatic N) is 1. The molecule has 4 rings (SSSR count). The van der Waals surface area contributed by atoms with Gasteiger partial charge in [-0.2, -0.15) is 13.2 Å². The van der Waals surface area contributed by atoms with Crippen LogP contribution in [0.2, 0.25) is 5.02 Å². The van der Waals surface area contributed by atoms with Crippen molar-refractivity contribution in [1.82, 2.24) is 4.57 Å². The molecule has 2 atom stereocenters. The molecule has 0 fully saturated rings. The maximum Gasteiger partial charge on any atom is 0.393 e. The molecule has 3 aromatic rings. The largest absolute Gasteiger partial charge is 0.493 e. The Bertz CT molecular complexity index is 1210. The standard InChI is InChI=1S/C24H23ClF3NO3/c1-23(14-30,19-11-17(25)10-15-7-9-32-22(15)19)12-16(24(26,27)28)13-29-8-6-21(31)18-4-2-3-5-20(18)29/h2-6,8,10-11,16,30H,7,9,12-14H2,1H3. The highest BCUT2D eigenvalue weighted by atomic mass is 35.5. The van der Waals surface area contributed by atoms with E-state index in [0.29, 0.717) is 40.3 Å². The van der Waals surface area contributed by atoms with Gasteiger partial charge in [-0.3, -0.25) is 4.79 Å². The molecule has 1 N–H and O–H groups in total. The van der Waals surface area contributed by atoms with Crippen molar-refractivity contribution in [3.05, 3.63) is 75.0 Å². The van der Waals surface area contributed by atoms with Crippen molar-refractivity contribution in [2.75, 3.05) is 13.2 Å². The third kappa shape index (κ3) is 4.24. The third-order valence-electron chi connectivity index (χ3n) is 6.21. The summed E-state index contributed by atoms with van der Waals surface area (Å²) in [5, 5.41) is 11.0. The molecule has 1 aliphatic rings. The molecular formula is C24H23ClF3NO3. The van der Waals surface area contributed by atoms with Crippen LogP contribution in [0, 0.1) is 5.92 Å². The van der Waals surface area contributed by atoms with E-state index >= 15 is 0 Å². The van der Waals surface area contributed by atoms with Crippen LogP contribution in [0.25, 0.3) is 10.9 Å². The SMILES string of the molecule is CC(CO)(CC(Cn1ccc(=O)c2ccccc21)C(F)(F)F)c1cc(Cl)cc2c1OCC2. The van der Waals surface area contributed by atoms with Gasteiger partial charge in [0.2, 0.25) is 0 Å². The first-order chi connectivity index (χ1) is 15.1. The number of fused-ring (bicyclic) bond motifs is 2. The summed E-state index contributed by atoms with van der Waals surface area (Å²) in [6.07, 6.45) is -2.89. The molecule has 0 aliphatic carbocycles. The van der Waals surface area contributed by atoms with E-state index in [0.717, 1.165) is 5.56 Å². The first kappa shape index (κ1) is 22.7. The fourth-order valence-corrected chi connectivity index (χ4v) is 4.70. The zero-order chi connectivity index (χ0) is 23.1. The summed E-state index contributed by atoms with van der Waals surface area (Å²) >= 11 is 6.23. The fourth-order valence-electron chi connectivity index (χ4n) is 4.46. The number of pyridine rings is 1. The molecule has 0 bridgehead atoms. The molecule has 0 saturated heterocycles. The van der Waals surface area contributed by atoms with Crippen LogP contribution in [-0.4, -0.2) is 29.1 Å². The maximum atomic E-state index is 14.2. The summed E-state index contributed by atoms with van der Waals surface area (Å²) in [5.74, 6) is -1.26. The van der Waals surface area contributed by atoms with Crippen molar-refractivity contribution < 1.29 is 23.0 Å². The minimum Gasteiger partial charge on any atom is -0.493 e. The average Bonchev–Trinajstić information content (AvgIpc) is 3.22. The number of rotatable bonds is 6. The van der Waals surface area contributed by atoms with Gasteiger partial charge >= 0.3 is 6.18 Å². The Labute approximate surface area is 188 Å². The zero-order valence-electron chi connectivity index (χ0n) is 17.5. The molecule has 2 aromatic carbocycles. The van der Waals surface area contributed by atoms with Gasteiger partial charge in [0.1, 0.15) is 5.75 Å². The fraction of sp³-hybridized carbons (Fsp3) is 0.375. The molecular weight excluding hydrogens is 443 g/mol. The number of benzene rings is 2. The van der Waals surface area contributed by atoms with Gasteiger partial charge in [0.25, 0.3) is 0 Å². The highest BCUT2D eigenvalue weighted by molar-refractivity contribution is 6.30. The molecule has 1 aliphatic heterocycles. The number of para-hydroxylation sites is 1. The first-order valence-electron chi connectivity index (χ1n) is 10.3. The van der Waals surface area contributed by atoms with Crippen LogP contribution in [0.1, 0.15) is 24.5 Å². The van der Waals surface area contributed by atoms with Gasteiger partial charge in [-0.1, -0.05) is 30.7 Å². The Kier molecular flexibility index (Phi) is 5.98. The van der Waals surface area contributed by atoms with Gasteiger partial charge < -0.3 is 14.4 Å². The summed E-state index contributed by atoms with van der Waals surface area (Å²) in [7, 11) is 0. The van der Waals surface area contributed by atoms with Crippen molar-refractivity contribution >= 4 is 22.5 Å². The molecule has 4 nitrogen and oxygen atoms in total. The third-order valence-corrected chi connectivity index (χ3v) is 6.43. The van der Waals surface area contributed by atoms with E-state index in [4.69, 9.17) is 16.3 Å². The number of hydrogen-bond donors (Lipinski definition) is 1. The topological polar surface area (TPSA) is 51.5 Å². The minimum atomic E-state index is -4.52. The molecule has 2 unspecified atom stereocenters. The Hall–Kier alpha value is -2.51. The normalized spacial score (nSPS) is 16.4. The predicted octanol–water partition coefficient (Wildman–Crippen LogP) is 5.11. The van der Waals surface area contributed by atoms with Crippen LogP contribution in [-0.2, 0) is 18.4 Å². The first-order valence-corrected chi connectivity index (χ1v) is 10.7. The lowest BCUT2D eigenvalue weighted by atomic mass is 9.74. The van der Waals surface area contributed by atoms with E-state index in [2.05, 4.69) is 0 Å². The zero-order valence-corrected chi connectivity index (χ0v) is 18.2. The van der Waals surface area contributed by atoms with E-state index in [1.54, 1.807) is 43.3 Å². The number of aromatic nitrogens is 1. The Morgan fingerprint density at radius 3 is 2.69 bits per heavy atom. The van der Waals surface area contributed by atoms with Gasteiger partial charge in [0.15, 0.2) is 5.43 Å². The van der Waals surface area contributed by atoms with E-state index in [1.807, 2.05) is 0 Å². The van der Waals surface area contributed by atoms with E-state index < -0.39 is 24.1 Å². The van der Waals surface area contributed by atoms with Gasteiger partial charge in [-0.25, -0.2) is 0 Å². The molecule has 0 spiro atoms. The van der Waals surface area contributed by atoms with Gasteiger partial charge in [0.05, 0.1) is 24.6 Å². The molecule has 8 heteroatoms. The number of hydrogen-bond acceptors (Lipinski definition) is 3. The number of alkyl halides is 3. The average molecular weight is 466 g/mol. The second kappa shape index (κ2) is 8.45. The van der Waals surface area contributed by atoms with Crippen molar-refractivity contribution in [2.24, 2.45) is 5.92 Å². The number of halogens is 4. The lowest BCUT2D eigenvalue weighted by Gasteiger charge is -2.34. The highest BCUT2D eigenvalue weighted by Gasteiger charge is 2.45. The lowest BCUT2D eigenvalue weighted by Crippen LogP contribution is -2.37. The Balaban J connectivity index is 1.74. The van der Waals surface area contributed by atoms with Crippen LogP contribution in [0.5, 0.6) is 5.75 Å². The molecule has 2 heterocycles. The van der Waals surface area contributed by atoms with Crippen LogP contribution in [0.4, 0.5) is 13.2 Å². The van der Waals surface area contributed by atoms with Crippen LogP contribution in [0.3, 0.4) is 0 Å². The number of ether oxygens (including phenoxy) is 1. The summed E-state index contributed by atoms with van der Waals surface area (Å²) in [5.41, 5.74) is 0.286. The van der Waals surface area contributed by atoms with Crippen molar-refractivity contribution in [3.8, 4) is 5.75 Å². The van der Waals surface area contributed by atoms with Crippen LogP contribution < -0.4 is 10.2 Å². The quantitative estimate of drug-likeness (QED) is 0.550. The van der Waals surface area contributed by atoms with Gasteiger partial charge in [0, 0.05) is 46.6 Å². The molecule has 0 radical (unpaired) electrons. The van der Waals surface area contributed by atoms with E-state index in [9.17, 15) is 23.1 Å². The molecule has 0 amide bonds. The Morgan fingerprint density at radius 2 is 1.97 bits per heavy atom. The van der Waals surface area contributed by atoms with E-state index in [-0.39, 0.29) is 18.4 Å². The van der Waals surface area contributed by atoms with E-state index in [1.165, 1.54) is 16.8 Å². The summed E-state index contributed by atoms with van der Waals surface area (Å²) in [6, 6.07) is 11.2. The van der Waals surface area contributed by atoms with Crippen molar-refractivity contribution in [2.45, 2.75) is 37.9 Å². The second-order valence-corrected chi connectivity index (χ2v) is 8.99. The molecule has 1 aromatic heterocycles.